The zero-order valence-corrected chi connectivity index (χ0v) is 38.2. The molecule has 6 bridgehead atoms. The van der Waals surface area contributed by atoms with E-state index >= 15 is 4.79 Å². The molecule has 64 heavy (non-hydrogen) atoms. The van der Waals surface area contributed by atoms with Crippen LogP contribution in [-0.2, 0) is 19.1 Å². The molecule has 0 radical (unpaired) electrons. The Morgan fingerprint density at radius 2 is 1.83 bits per heavy atom. The molecule has 5 unspecified atom stereocenters. The van der Waals surface area contributed by atoms with Gasteiger partial charge in [0.05, 0.1) is 16.9 Å². The lowest BCUT2D eigenvalue weighted by molar-refractivity contribution is -0.155. The number of hydrogen-bond acceptors (Lipinski definition) is 13. The minimum absolute atomic E-state index is 0.0218. The molecule has 2 N–H and O–H groups in total. The van der Waals surface area contributed by atoms with Gasteiger partial charge in [-0.15, -0.1) is 0 Å². The van der Waals surface area contributed by atoms with Gasteiger partial charge in [-0.25, -0.2) is 4.98 Å². The number of aliphatic hydroxyl groups excluding tert-OH is 1. The van der Waals surface area contributed by atoms with Crippen molar-refractivity contribution in [3.8, 4) is 17.2 Å². The Morgan fingerprint density at radius 1 is 1.05 bits per heavy atom. The highest BCUT2D eigenvalue weighted by molar-refractivity contribution is 6.17. The summed E-state index contributed by atoms with van der Waals surface area (Å²) in [4.78, 5) is 63.7. The number of fused-ring (bicyclic) bond motifs is 8. The number of carbonyl (C=O) groups excluding carboxylic acids is 2. The molecule has 0 spiro atoms. The van der Waals surface area contributed by atoms with E-state index in [9.17, 15) is 19.5 Å². The minimum atomic E-state index is -1.77. The van der Waals surface area contributed by atoms with Crippen molar-refractivity contribution in [2.24, 2.45) is 23.7 Å². The van der Waals surface area contributed by atoms with Crippen LogP contribution in [0.25, 0.3) is 38.7 Å². The fraction of sp³-hybridized carbons (Fsp3) is 0.500. The maximum Gasteiger partial charge on any atom is 0.307 e. The van der Waals surface area contributed by atoms with Crippen LogP contribution in [0.3, 0.4) is 0 Å². The quantitative estimate of drug-likeness (QED) is 0.109. The number of nitrogens with zero attached hydrogens (tertiary/aromatic N) is 2. The van der Waals surface area contributed by atoms with Gasteiger partial charge in [0.2, 0.25) is 10.9 Å². The van der Waals surface area contributed by atoms with Gasteiger partial charge in [-0.05, 0) is 70.3 Å². The number of anilines is 1. The highest BCUT2D eigenvalue weighted by Crippen LogP contribution is 2.44. The van der Waals surface area contributed by atoms with E-state index in [-0.39, 0.29) is 84.6 Å². The standard InChI is InChI=1S/C50H59N3O11/c1-10-32-21-29(6)53(24-32)16-18-59-33-22-34(55)40-35(23-33)62-47-41(51-40)37-38-43(56)42(47)52-49(58)28(5)14-11-13-25(2)19-26(3)20-36-44(61-31(8)54)27(4)15-12-17-60-50(9)48(57)39(37)46(64-50)30(7)45(38)63-36/h11-14,17,22-23,25-27,29,32,36,44,57H,10,15-16,18-21,24H2,1-9H3,(H,52,58)/b13-11+,17-12+,28-14-/t25?,26-,27-,29?,32?,36?,44?,50+/m1/s1. The number of amides is 1. The highest BCUT2D eigenvalue weighted by atomic mass is 16.7. The molecule has 0 saturated carbocycles. The number of likely N-dealkylation sites (tertiary alicyclic amines) is 1. The van der Waals surface area contributed by atoms with Gasteiger partial charge in [-0.2, -0.15) is 0 Å². The summed E-state index contributed by atoms with van der Waals surface area (Å²) in [6.45, 7) is 18.8. The third kappa shape index (κ3) is 8.32. The largest absolute Gasteiger partial charge is 0.505 e. The van der Waals surface area contributed by atoms with Crippen LogP contribution in [0.5, 0.6) is 17.2 Å². The number of esters is 1. The molecule has 4 aliphatic heterocycles. The Hall–Kier alpha value is -5.89. The number of allylic oxidation sites excluding steroid dienone is 4. The first-order chi connectivity index (χ1) is 30.5. The van der Waals surface area contributed by atoms with Gasteiger partial charge >= 0.3 is 11.8 Å². The second-order valence-corrected chi connectivity index (χ2v) is 18.5. The van der Waals surface area contributed by atoms with Gasteiger partial charge in [-0.1, -0.05) is 52.3 Å². The average Bonchev–Trinajstić information content (AvgIpc) is 3.73. The average molecular weight is 878 g/mol. The number of ether oxygens (including phenoxy) is 5. The van der Waals surface area contributed by atoms with Crippen LogP contribution >= 0.6 is 0 Å². The molecule has 1 amide bonds. The molecule has 8 rings (SSSR count). The Morgan fingerprint density at radius 3 is 2.56 bits per heavy atom. The molecule has 1 saturated heterocycles. The van der Waals surface area contributed by atoms with Gasteiger partial charge in [0.1, 0.15) is 47.3 Å². The van der Waals surface area contributed by atoms with Crippen LogP contribution in [0.4, 0.5) is 5.69 Å². The summed E-state index contributed by atoms with van der Waals surface area (Å²) in [7, 11) is 0. The molecule has 340 valence electrons. The summed E-state index contributed by atoms with van der Waals surface area (Å²) in [6.07, 6.45) is 11.0. The van der Waals surface area contributed by atoms with E-state index in [4.69, 9.17) is 33.1 Å². The van der Waals surface area contributed by atoms with E-state index in [0.717, 1.165) is 25.8 Å². The van der Waals surface area contributed by atoms with E-state index in [0.29, 0.717) is 49.1 Å². The predicted molar refractivity (Wildman–Crippen MR) is 245 cm³/mol. The number of rotatable bonds is 6. The van der Waals surface area contributed by atoms with Gasteiger partial charge in [0.15, 0.2) is 22.4 Å². The lowest BCUT2D eigenvalue weighted by Crippen LogP contribution is -2.41. The summed E-state index contributed by atoms with van der Waals surface area (Å²) in [5.41, 5.74) is -1.03. The van der Waals surface area contributed by atoms with E-state index < -0.39 is 40.7 Å². The van der Waals surface area contributed by atoms with Crippen LogP contribution in [-0.4, -0.2) is 70.6 Å². The van der Waals surface area contributed by atoms with E-state index in [1.807, 2.05) is 19.1 Å². The van der Waals surface area contributed by atoms with Crippen molar-refractivity contribution >= 4 is 56.3 Å². The van der Waals surface area contributed by atoms with Crippen molar-refractivity contribution in [3.05, 3.63) is 79.5 Å². The first-order valence-electron chi connectivity index (χ1n) is 22.5. The van der Waals surface area contributed by atoms with Crippen molar-refractivity contribution in [2.45, 2.75) is 118 Å². The molecule has 8 atom stereocenters. The number of aromatic nitrogens is 1. The number of aliphatic hydroxyl groups is 1. The normalized spacial score (nSPS) is 29.4. The lowest BCUT2D eigenvalue weighted by Gasteiger charge is -2.34. The smallest absolute Gasteiger partial charge is 0.307 e. The number of nitrogens with one attached hydrogen (secondary N) is 1. The third-order valence-electron chi connectivity index (χ3n) is 13.4. The zero-order chi connectivity index (χ0) is 45.8. The Bertz CT molecular complexity index is 2810. The first-order valence-corrected chi connectivity index (χ1v) is 22.5. The predicted octanol–water partition coefficient (Wildman–Crippen LogP) is 7.91. The van der Waals surface area contributed by atoms with Crippen molar-refractivity contribution in [1.82, 2.24) is 9.88 Å². The summed E-state index contributed by atoms with van der Waals surface area (Å²) in [5, 5.41) is 15.1. The fourth-order valence-electron chi connectivity index (χ4n) is 9.89. The maximum atomic E-state index is 15.5. The molecule has 1 fully saturated rings. The van der Waals surface area contributed by atoms with Crippen molar-refractivity contribution in [3.63, 3.8) is 0 Å². The van der Waals surface area contributed by atoms with Crippen LogP contribution < -0.4 is 35.6 Å². The van der Waals surface area contributed by atoms with E-state index in [2.05, 4.69) is 37.9 Å². The second kappa shape index (κ2) is 17.6. The first kappa shape index (κ1) is 44.7. The maximum absolute atomic E-state index is 15.5. The second-order valence-electron chi connectivity index (χ2n) is 18.5. The molecule has 1 aromatic heterocycles. The Balaban J connectivity index is 1.42. The van der Waals surface area contributed by atoms with Gasteiger partial charge in [0.25, 0.3) is 5.91 Å². The van der Waals surface area contributed by atoms with E-state index in [1.54, 1.807) is 39.0 Å². The Labute approximate surface area is 371 Å². The molecular formula is C50H59N3O11. The molecule has 5 heterocycles. The SMILES string of the molecule is CCC1CC(C)N(CCOc2cc(=O)c3nc4c(oc3c2)c2c(=O)c3c5c(C)c6c(c34)=C(O)[C@@](C)(O/C=C/C[C@@H](C)C(OC(C)=O)C(C[C@H](C)CC(C)/C=C/C=C(/C)C(=O)N2)O5)O6)C1. The number of carbonyl (C=O) groups is 2. The molecule has 4 aromatic rings. The van der Waals surface area contributed by atoms with Crippen LogP contribution in [0.1, 0.15) is 93.1 Å². The number of hydrogen-bond donors (Lipinski definition) is 2. The summed E-state index contributed by atoms with van der Waals surface area (Å²) in [5.74, 6) is -2.25. The minimum Gasteiger partial charge on any atom is -0.505 e. The van der Waals surface area contributed by atoms with Crippen LogP contribution in [0.2, 0.25) is 0 Å². The molecule has 0 aliphatic carbocycles. The molecule has 3 aromatic carbocycles. The Kier molecular flexibility index (Phi) is 12.3. The summed E-state index contributed by atoms with van der Waals surface area (Å²) in [6, 6.07) is 3.33. The topological polar surface area (TPSA) is 176 Å². The van der Waals surface area contributed by atoms with Crippen molar-refractivity contribution < 1.29 is 42.8 Å². The zero-order valence-electron chi connectivity index (χ0n) is 38.2. The molecular weight excluding hydrogens is 819 g/mol. The van der Waals surface area contributed by atoms with Gasteiger partial charge in [0, 0.05) is 67.6 Å². The van der Waals surface area contributed by atoms with Gasteiger partial charge < -0.3 is 38.5 Å². The summed E-state index contributed by atoms with van der Waals surface area (Å²) >= 11 is 0. The molecule has 4 aliphatic rings. The fourth-order valence-corrected chi connectivity index (χ4v) is 9.89. The lowest BCUT2D eigenvalue weighted by atomic mass is 9.86. The monoisotopic (exact) mass is 877 g/mol. The third-order valence-corrected chi connectivity index (χ3v) is 13.4. The highest BCUT2D eigenvalue weighted by Gasteiger charge is 2.45. The van der Waals surface area contributed by atoms with Crippen molar-refractivity contribution in [1.29, 1.82) is 0 Å². The summed E-state index contributed by atoms with van der Waals surface area (Å²) < 4.78 is 38.5. The van der Waals surface area contributed by atoms with Gasteiger partial charge in [-0.3, -0.25) is 24.1 Å². The van der Waals surface area contributed by atoms with Crippen molar-refractivity contribution in [2.75, 3.05) is 25.0 Å². The number of benzene rings is 3. The van der Waals surface area contributed by atoms with E-state index in [1.165, 1.54) is 19.3 Å². The van der Waals surface area contributed by atoms with Crippen LogP contribution in [0, 0.1) is 30.6 Å². The molecule has 14 nitrogen and oxygen atoms in total. The molecule has 14 heteroatoms. The van der Waals surface area contributed by atoms with Crippen LogP contribution in [0.15, 0.2) is 62.3 Å².